The Hall–Kier alpha value is -3.15. The van der Waals surface area contributed by atoms with Gasteiger partial charge in [0.2, 0.25) is 5.75 Å². The maximum Gasteiger partial charge on any atom is 0.204 e. The number of fused-ring (bicyclic) bond motifs is 1. The van der Waals surface area contributed by atoms with Crippen molar-refractivity contribution in [1.82, 2.24) is 0 Å². The van der Waals surface area contributed by atoms with Crippen LogP contribution in [-0.4, -0.2) is 39.3 Å². The van der Waals surface area contributed by atoms with Crippen molar-refractivity contribution in [2.24, 2.45) is 0 Å². The molecule has 0 fully saturated rings. The number of ketones is 1. The van der Waals surface area contributed by atoms with Gasteiger partial charge in [-0.1, -0.05) is 6.07 Å². The molecule has 0 spiro atoms. The second kappa shape index (κ2) is 7.00. The first-order chi connectivity index (χ1) is 12.5. The number of phenolic OH excluding ortho intramolecular Hbond substituents is 1. The molecule has 1 aliphatic rings. The molecule has 0 atom stereocenters. The molecule has 0 radical (unpaired) electrons. The number of allylic oxidation sites excluding steroid dienone is 1. The van der Waals surface area contributed by atoms with Crippen LogP contribution in [0.2, 0.25) is 0 Å². The number of ether oxygens (including phenoxy) is 4. The smallest absolute Gasteiger partial charge is 0.204 e. The topological polar surface area (TPSA) is 74.2 Å². The standard InChI is InChI=1S/C20H20O6/c1-23-15-6-5-11(8-14(15)21)7-13-9-12-10-16(24-2)19(25-3)20(26-4)17(12)18(13)22/h5-6,8-10,21H,7H2,1-4H3. The molecule has 1 N–H and O–H groups in total. The van der Waals surface area contributed by atoms with Crippen LogP contribution < -0.4 is 18.9 Å². The van der Waals surface area contributed by atoms with Gasteiger partial charge in [0, 0.05) is 12.0 Å². The molecule has 136 valence electrons. The summed E-state index contributed by atoms with van der Waals surface area (Å²) in [6.07, 6.45) is 2.18. The van der Waals surface area contributed by atoms with Crippen molar-refractivity contribution in [2.45, 2.75) is 6.42 Å². The van der Waals surface area contributed by atoms with Crippen LogP contribution in [0.25, 0.3) is 6.08 Å². The minimum atomic E-state index is -0.131. The number of Topliss-reactive ketones (excluding diaryl/α,β-unsaturated/α-hetero) is 1. The summed E-state index contributed by atoms with van der Waals surface area (Å²) in [6, 6.07) is 6.83. The minimum Gasteiger partial charge on any atom is -0.504 e. The van der Waals surface area contributed by atoms with Crippen LogP contribution >= 0.6 is 0 Å². The monoisotopic (exact) mass is 356 g/mol. The maximum atomic E-state index is 12.9. The lowest BCUT2D eigenvalue weighted by Crippen LogP contribution is -2.06. The molecule has 6 heteroatoms. The summed E-state index contributed by atoms with van der Waals surface area (Å²) in [7, 11) is 6.01. The maximum absolute atomic E-state index is 12.9. The first kappa shape index (κ1) is 17.7. The molecule has 6 nitrogen and oxygen atoms in total. The number of hydrogen-bond donors (Lipinski definition) is 1. The molecule has 1 aliphatic carbocycles. The van der Waals surface area contributed by atoms with E-state index in [0.717, 1.165) is 11.1 Å². The first-order valence-electron chi connectivity index (χ1n) is 7.98. The van der Waals surface area contributed by atoms with Crippen molar-refractivity contribution < 1.29 is 28.8 Å². The van der Waals surface area contributed by atoms with Gasteiger partial charge in [0.25, 0.3) is 0 Å². The molecule has 26 heavy (non-hydrogen) atoms. The number of benzene rings is 2. The lowest BCUT2D eigenvalue weighted by molar-refractivity contribution is 0.103. The summed E-state index contributed by atoms with van der Waals surface area (Å²) in [4.78, 5) is 12.9. The highest BCUT2D eigenvalue weighted by Gasteiger charge is 2.31. The van der Waals surface area contributed by atoms with Crippen LogP contribution in [0.3, 0.4) is 0 Å². The Morgan fingerprint density at radius 1 is 0.885 bits per heavy atom. The third-order valence-electron chi connectivity index (χ3n) is 4.35. The molecule has 0 saturated heterocycles. The Kier molecular flexibility index (Phi) is 4.75. The summed E-state index contributed by atoms with van der Waals surface area (Å²) in [5.74, 6) is 1.53. The lowest BCUT2D eigenvalue weighted by atomic mass is 10.0. The Morgan fingerprint density at radius 3 is 2.15 bits per heavy atom. The molecule has 3 rings (SSSR count). The Labute approximate surface area is 151 Å². The number of phenols is 1. The van der Waals surface area contributed by atoms with Crippen molar-refractivity contribution in [2.75, 3.05) is 28.4 Å². The second-order valence-electron chi connectivity index (χ2n) is 5.79. The summed E-state index contributed by atoms with van der Waals surface area (Å²) < 4.78 is 21.2. The van der Waals surface area contributed by atoms with Gasteiger partial charge in [0.15, 0.2) is 28.8 Å². The normalized spacial score (nSPS) is 12.5. The first-order valence-corrected chi connectivity index (χ1v) is 7.98. The van der Waals surface area contributed by atoms with Crippen LogP contribution in [0, 0.1) is 0 Å². The van der Waals surface area contributed by atoms with Gasteiger partial charge in [-0.3, -0.25) is 4.79 Å². The van der Waals surface area contributed by atoms with E-state index in [0.29, 0.717) is 40.6 Å². The van der Waals surface area contributed by atoms with Crippen LogP contribution in [0.1, 0.15) is 21.5 Å². The van der Waals surface area contributed by atoms with E-state index in [4.69, 9.17) is 18.9 Å². The number of hydrogen-bond acceptors (Lipinski definition) is 6. The zero-order valence-corrected chi connectivity index (χ0v) is 15.1. The van der Waals surface area contributed by atoms with E-state index < -0.39 is 0 Å². The van der Waals surface area contributed by atoms with Crippen molar-refractivity contribution in [3.63, 3.8) is 0 Å². The SMILES string of the molecule is COc1ccc(CC2=Cc3cc(OC)c(OC)c(OC)c3C2=O)cc1O. The predicted molar refractivity (Wildman–Crippen MR) is 96.8 cm³/mol. The van der Waals surface area contributed by atoms with E-state index in [9.17, 15) is 9.90 Å². The van der Waals surface area contributed by atoms with Crippen molar-refractivity contribution in [3.05, 3.63) is 46.5 Å². The fourth-order valence-electron chi connectivity index (χ4n) is 3.13. The molecule has 0 unspecified atom stereocenters. The van der Waals surface area contributed by atoms with E-state index in [1.807, 2.05) is 12.1 Å². The number of carbonyl (C=O) groups excluding carboxylic acids is 1. The molecular formula is C20H20O6. The molecule has 0 amide bonds. The van der Waals surface area contributed by atoms with E-state index in [2.05, 4.69) is 0 Å². The Balaban J connectivity index is 1.99. The summed E-state index contributed by atoms with van der Waals surface area (Å²) in [6.45, 7) is 0. The van der Waals surface area contributed by atoms with Crippen LogP contribution in [0.5, 0.6) is 28.7 Å². The highest BCUT2D eigenvalue weighted by molar-refractivity contribution is 6.20. The Morgan fingerprint density at radius 2 is 1.58 bits per heavy atom. The van der Waals surface area contributed by atoms with E-state index in [-0.39, 0.29) is 11.5 Å². The molecular weight excluding hydrogens is 336 g/mol. The van der Waals surface area contributed by atoms with Crippen LogP contribution in [-0.2, 0) is 6.42 Å². The van der Waals surface area contributed by atoms with Crippen molar-refractivity contribution in [3.8, 4) is 28.7 Å². The molecule has 2 aromatic rings. The molecule has 2 aromatic carbocycles. The number of methoxy groups -OCH3 is 4. The highest BCUT2D eigenvalue weighted by atomic mass is 16.5. The van der Waals surface area contributed by atoms with Crippen LogP contribution in [0.15, 0.2) is 29.8 Å². The average Bonchev–Trinajstić information content (AvgIpc) is 2.95. The lowest BCUT2D eigenvalue weighted by Gasteiger charge is -2.15. The molecule has 0 bridgehead atoms. The van der Waals surface area contributed by atoms with E-state index in [1.54, 1.807) is 18.2 Å². The van der Waals surface area contributed by atoms with Gasteiger partial charge in [-0.15, -0.1) is 0 Å². The van der Waals surface area contributed by atoms with Gasteiger partial charge in [0.1, 0.15) is 0 Å². The number of rotatable bonds is 6. The van der Waals surface area contributed by atoms with Crippen molar-refractivity contribution in [1.29, 1.82) is 0 Å². The zero-order chi connectivity index (χ0) is 18.8. The zero-order valence-electron chi connectivity index (χ0n) is 15.1. The van der Waals surface area contributed by atoms with Gasteiger partial charge >= 0.3 is 0 Å². The van der Waals surface area contributed by atoms with E-state index in [1.165, 1.54) is 28.4 Å². The van der Waals surface area contributed by atoms with Gasteiger partial charge in [-0.05, 0) is 35.4 Å². The fourth-order valence-corrected chi connectivity index (χ4v) is 3.13. The van der Waals surface area contributed by atoms with Gasteiger partial charge in [-0.2, -0.15) is 0 Å². The average molecular weight is 356 g/mol. The molecule has 0 aromatic heterocycles. The third-order valence-corrected chi connectivity index (χ3v) is 4.35. The second-order valence-corrected chi connectivity index (χ2v) is 5.79. The predicted octanol–water partition coefficient (Wildman–Crippen LogP) is 3.25. The summed E-state index contributed by atoms with van der Waals surface area (Å²) in [5, 5.41) is 9.94. The van der Waals surface area contributed by atoms with Gasteiger partial charge < -0.3 is 24.1 Å². The van der Waals surface area contributed by atoms with E-state index >= 15 is 0 Å². The minimum absolute atomic E-state index is 0.0366. The fraction of sp³-hybridized carbons (Fsp3) is 0.250. The van der Waals surface area contributed by atoms with Crippen molar-refractivity contribution >= 4 is 11.9 Å². The number of aromatic hydroxyl groups is 1. The summed E-state index contributed by atoms with van der Waals surface area (Å²) in [5.41, 5.74) is 2.57. The van der Waals surface area contributed by atoms with Gasteiger partial charge in [0.05, 0.1) is 34.0 Å². The Bertz CT molecular complexity index is 898. The van der Waals surface area contributed by atoms with Crippen LogP contribution in [0.4, 0.5) is 0 Å². The quantitative estimate of drug-likeness (QED) is 0.856. The largest absolute Gasteiger partial charge is 0.504 e. The van der Waals surface area contributed by atoms with Gasteiger partial charge in [-0.25, -0.2) is 0 Å². The molecule has 0 saturated carbocycles. The molecule has 0 aliphatic heterocycles. The third kappa shape index (κ3) is 2.83. The molecule has 0 heterocycles. The highest BCUT2D eigenvalue weighted by Crippen LogP contribution is 2.46. The summed E-state index contributed by atoms with van der Waals surface area (Å²) >= 11 is 0. The number of carbonyl (C=O) groups is 1.